The Morgan fingerprint density at radius 2 is 1.92 bits per heavy atom. The van der Waals surface area contributed by atoms with E-state index in [1.807, 2.05) is 0 Å². The Bertz CT molecular complexity index is 853. The number of aryl methyl sites for hydroxylation is 1. The molecule has 4 rings (SSSR count). The van der Waals surface area contributed by atoms with Gasteiger partial charge in [0, 0.05) is 35.6 Å². The lowest BCUT2D eigenvalue weighted by molar-refractivity contribution is 0.367. The third-order valence-corrected chi connectivity index (χ3v) is 5.28. The fourth-order valence-corrected chi connectivity index (χ4v) is 3.88. The Labute approximate surface area is 142 Å². The normalized spacial score (nSPS) is 16.3. The van der Waals surface area contributed by atoms with Crippen molar-refractivity contribution in [3.63, 3.8) is 0 Å². The van der Waals surface area contributed by atoms with Crippen LogP contribution in [0.5, 0.6) is 0 Å². The highest BCUT2D eigenvalue weighted by Crippen LogP contribution is 2.34. The number of fused-ring (bicyclic) bond motifs is 1. The summed E-state index contributed by atoms with van der Waals surface area (Å²) in [5.74, 6) is 2.41. The number of nitrogens with zero attached hydrogens (tertiary/aromatic N) is 3. The van der Waals surface area contributed by atoms with E-state index < -0.39 is 0 Å². The summed E-state index contributed by atoms with van der Waals surface area (Å²) in [7, 11) is 2.10. The molecule has 1 aliphatic carbocycles. The SMILES string of the molecule is CC(C)c1cn(C)c2ccc(-c3nnc(C4CCCCC4)o3)cc12. The van der Waals surface area contributed by atoms with E-state index >= 15 is 0 Å². The molecule has 2 heterocycles. The molecule has 1 aromatic carbocycles. The summed E-state index contributed by atoms with van der Waals surface area (Å²) in [6.45, 7) is 4.46. The van der Waals surface area contributed by atoms with Gasteiger partial charge in [0.05, 0.1) is 0 Å². The molecule has 0 unspecified atom stereocenters. The van der Waals surface area contributed by atoms with Crippen LogP contribution in [0.4, 0.5) is 0 Å². The molecule has 0 spiro atoms. The van der Waals surface area contributed by atoms with Gasteiger partial charge in [-0.2, -0.15) is 0 Å². The Morgan fingerprint density at radius 1 is 1.12 bits per heavy atom. The maximum Gasteiger partial charge on any atom is 0.247 e. The number of rotatable bonds is 3. The van der Waals surface area contributed by atoms with Crippen molar-refractivity contribution in [3.8, 4) is 11.5 Å². The monoisotopic (exact) mass is 323 g/mol. The van der Waals surface area contributed by atoms with E-state index in [1.165, 1.54) is 48.6 Å². The van der Waals surface area contributed by atoms with Crippen LogP contribution in [0.3, 0.4) is 0 Å². The zero-order valence-electron chi connectivity index (χ0n) is 14.7. The molecule has 0 radical (unpaired) electrons. The standard InChI is InChI=1S/C20H25N3O/c1-13(2)17-12-23(3)18-10-9-15(11-16(17)18)20-22-21-19(24-20)14-7-5-4-6-8-14/h9-14H,4-8H2,1-3H3. The van der Waals surface area contributed by atoms with Gasteiger partial charge >= 0.3 is 0 Å². The Hall–Kier alpha value is -2.10. The molecule has 0 bridgehead atoms. The van der Waals surface area contributed by atoms with E-state index in [0.717, 1.165) is 11.5 Å². The Morgan fingerprint density at radius 3 is 2.67 bits per heavy atom. The van der Waals surface area contributed by atoms with Crippen molar-refractivity contribution in [3.05, 3.63) is 35.9 Å². The maximum atomic E-state index is 6.04. The first-order chi connectivity index (χ1) is 11.6. The highest BCUT2D eigenvalue weighted by molar-refractivity contribution is 5.88. The highest BCUT2D eigenvalue weighted by Gasteiger charge is 2.22. The summed E-state index contributed by atoms with van der Waals surface area (Å²) < 4.78 is 8.23. The molecule has 24 heavy (non-hydrogen) atoms. The maximum absolute atomic E-state index is 6.04. The van der Waals surface area contributed by atoms with Gasteiger partial charge in [-0.3, -0.25) is 0 Å². The molecule has 0 aliphatic heterocycles. The number of aromatic nitrogens is 3. The summed E-state index contributed by atoms with van der Waals surface area (Å²) in [6.07, 6.45) is 8.46. The summed E-state index contributed by atoms with van der Waals surface area (Å²) in [5.41, 5.74) is 3.63. The van der Waals surface area contributed by atoms with Crippen molar-refractivity contribution < 1.29 is 4.42 Å². The quantitative estimate of drug-likeness (QED) is 0.648. The molecule has 0 amide bonds. The van der Waals surface area contributed by atoms with Gasteiger partial charge < -0.3 is 8.98 Å². The molecule has 1 aliphatic rings. The van der Waals surface area contributed by atoms with Crippen molar-refractivity contribution in [1.82, 2.24) is 14.8 Å². The minimum absolute atomic E-state index is 0.451. The van der Waals surface area contributed by atoms with Crippen molar-refractivity contribution in [2.75, 3.05) is 0 Å². The van der Waals surface area contributed by atoms with Gasteiger partial charge in [0.1, 0.15) is 0 Å². The first kappa shape index (κ1) is 15.4. The second-order valence-corrected chi connectivity index (χ2v) is 7.36. The van der Waals surface area contributed by atoms with E-state index in [0.29, 0.717) is 17.7 Å². The predicted molar refractivity (Wildman–Crippen MR) is 96.1 cm³/mol. The number of hydrogen-bond donors (Lipinski definition) is 0. The average molecular weight is 323 g/mol. The summed E-state index contributed by atoms with van der Waals surface area (Å²) in [5, 5.41) is 9.94. The summed E-state index contributed by atoms with van der Waals surface area (Å²) in [4.78, 5) is 0. The topological polar surface area (TPSA) is 43.9 Å². The average Bonchev–Trinajstić information content (AvgIpc) is 3.21. The molecule has 4 nitrogen and oxygen atoms in total. The van der Waals surface area contributed by atoms with Gasteiger partial charge in [-0.15, -0.1) is 10.2 Å². The van der Waals surface area contributed by atoms with Crippen molar-refractivity contribution in [2.24, 2.45) is 7.05 Å². The molecule has 1 fully saturated rings. The largest absolute Gasteiger partial charge is 0.420 e. The van der Waals surface area contributed by atoms with Gasteiger partial charge in [0.2, 0.25) is 11.8 Å². The van der Waals surface area contributed by atoms with E-state index in [1.54, 1.807) is 0 Å². The van der Waals surface area contributed by atoms with Crippen LogP contribution in [0, 0.1) is 0 Å². The van der Waals surface area contributed by atoms with Crippen LogP contribution in [0.2, 0.25) is 0 Å². The van der Waals surface area contributed by atoms with Crippen molar-refractivity contribution in [1.29, 1.82) is 0 Å². The second kappa shape index (κ2) is 6.08. The molecule has 2 aromatic heterocycles. The van der Waals surface area contributed by atoms with Crippen LogP contribution < -0.4 is 0 Å². The summed E-state index contributed by atoms with van der Waals surface area (Å²) in [6, 6.07) is 6.44. The van der Waals surface area contributed by atoms with E-state index in [2.05, 4.69) is 60.1 Å². The van der Waals surface area contributed by atoms with E-state index in [-0.39, 0.29) is 0 Å². The van der Waals surface area contributed by atoms with Crippen LogP contribution in [-0.4, -0.2) is 14.8 Å². The van der Waals surface area contributed by atoms with Crippen LogP contribution in [0.25, 0.3) is 22.4 Å². The third-order valence-electron chi connectivity index (χ3n) is 5.28. The first-order valence-corrected chi connectivity index (χ1v) is 9.06. The zero-order valence-corrected chi connectivity index (χ0v) is 14.7. The zero-order chi connectivity index (χ0) is 16.7. The second-order valence-electron chi connectivity index (χ2n) is 7.36. The molecule has 0 saturated heterocycles. The predicted octanol–water partition coefficient (Wildman–Crippen LogP) is 5.40. The number of hydrogen-bond acceptors (Lipinski definition) is 3. The van der Waals surface area contributed by atoms with Crippen LogP contribution in [-0.2, 0) is 7.05 Å². The molecular weight excluding hydrogens is 298 g/mol. The molecule has 4 heteroatoms. The molecule has 0 N–H and O–H groups in total. The fourth-order valence-electron chi connectivity index (χ4n) is 3.88. The van der Waals surface area contributed by atoms with Crippen molar-refractivity contribution >= 4 is 10.9 Å². The minimum Gasteiger partial charge on any atom is -0.420 e. The molecular formula is C20H25N3O. The molecule has 0 atom stereocenters. The van der Waals surface area contributed by atoms with Gasteiger partial charge in [-0.25, -0.2) is 0 Å². The summed E-state index contributed by atoms with van der Waals surface area (Å²) >= 11 is 0. The molecule has 1 saturated carbocycles. The lowest BCUT2D eigenvalue weighted by Crippen LogP contribution is -2.04. The van der Waals surface area contributed by atoms with E-state index in [4.69, 9.17) is 4.42 Å². The molecule has 3 aromatic rings. The molecule has 126 valence electrons. The Kier molecular flexibility index (Phi) is 3.91. The lowest BCUT2D eigenvalue weighted by atomic mass is 9.89. The first-order valence-electron chi connectivity index (χ1n) is 9.06. The minimum atomic E-state index is 0.451. The van der Waals surface area contributed by atoms with Gasteiger partial charge in [-0.05, 0) is 42.5 Å². The van der Waals surface area contributed by atoms with E-state index in [9.17, 15) is 0 Å². The van der Waals surface area contributed by atoms with Crippen molar-refractivity contribution in [2.45, 2.75) is 57.8 Å². The fraction of sp³-hybridized carbons (Fsp3) is 0.500. The van der Waals surface area contributed by atoms with Crippen LogP contribution in [0.1, 0.15) is 69.2 Å². The Balaban J connectivity index is 1.71. The third kappa shape index (κ3) is 2.64. The van der Waals surface area contributed by atoms with Crippen LogP contribution >= 0.6 is 0 Å². The van der Waals surface area contributed by atoms with Crippen LogP contribution in [0.15, 0.2) is 28.8 Å². The lowest BCUT2D eigenvalue weighted by Gasteiger charge is -2.17. The number of benzene rings is 1. The van der Waals surface area contributed by atoms with Gasteiger partial charge in [0.15, 0.2) is 0 Å². The highest BCUT2D eigenvalue weighted by atomic mass is 16.4. The van der Waals surface area contributed by atoms with Gasteiger partial charge in [-0.1, -0.05) is 33.1 Å². The smallest absolute Gasteiger partial charge is 0.247 e. The van der Waals surface area contributed by atoms with Gasteiger partial charge in [0.25, 0.3) is 0 Å².